The number of hydrogen-bond donors (Lipinski definition) is 0. The molecule has 0 aliphatic rings. The summed E-state index contributed by atoms with van der Waals surface area (Å²) >= 11 is 0. The van der Waals surface area contributed by atoms with Crippen LogP contribution in [0.1, 0.15) is 44.5 Å². The highest BCUT2D eigenvalue weighted by Gasteiger charge is 2.20. The molecule has 0 saturated heterocycles. The molecule has 5 nitrogen and oxygen atoms in total. The van der Waals surface area contributed by atoms with Crippen LogP contribution in [-0.2, 0) is 5.41 Å². The Balaban J connectivity index is 1.28. The number of nitrogens with zero attached hydrogens (tertiary/aromatic N) is 4. The van der Waals surface area contributed by atoms with Gasteiger partial charge in [0.25, 0.3) is 0 Å². The first kappa shape index (κ1) is 30.7. The van der Waals surface area contributed by atoms with Crippen molar-refractivity contribution in [1.82, 2.24) is 14.8 Å². The number of anilines is 3. The summed E-state index contributed by atoms with van der Waals surface area (Å²) in [5, 5.41) is 9.89. The van der Waals surface area contributed by atoms with Crippen molar-refractivity contribution in [3.8, 4) is 28.6 Å². The molecule has 0 radical (unpaired) electrons. The molecule has 0 N–H and O–H groups in total. The van der Waals surface area contributed by atoms with Gasteiger partial charge in [0.1, 0.15) is 0 Å². The molecule has 0 aliphatic heterocycles. The molecule has 0 bridgehead atoms. The van der Waals surface area contributed by atoms with Crippen LogP contribution in [0.5, 0.6) is 0 Å². The second-order valence-corrected chi connectivity index (χ2v) is 12.8. The Morgan fingerprint density at radius 2 is 1.25 bits per heavy atom. The van der Waals surface area contributed by atoms with E-state index in [0.717, 1.165) is 56.0 Å². The topological polar surface area (TPSA) is 47.1 Å². The van der Waals surface area contributed by atoms with Crippen molar-refractivity contribution in [1.29, 1.82) is 0 Å². The Hall–Kier alpha value is -5.94. The van der Waals surface area contributed by atoms with E-state index in [1.54, 1.807) is 0 Å². The zero-order chi connectivity index (χ0) is 33.3. The summed E-state index contributed by atoms with van der Waals surface area (Å²) in [5.41, 5.74) is 10.6. The number of aromatic nitrogens is 3. The molecular weight excluding hydrogens is 589 g/mol. The number of para-hydroxylation sites is 2. The first-order chi connectivity index (χ1) is 23.4. The van der Waals surface area contributed by atoms with Gasteiger partial charge >= 0.3 is 0 Å². The number of fused-ring (bicyclic) bond motifs is 1. The van der Waals surface area contributed by atoms with E-state index in [1.165, 1.54) is 5.56 Å². The first-order valence-corrected chi connectivity index (χ1v) is 16.2. The van der Waals surface area contributed by atoms with Gasteiger partial charge in [0, 0.05) is 44.8 Å². The Morgan fingerprint density at radius 1 is 0.688 bits per heavy atom. The second kappa shape index (κ2) is 12.7. The van der Waals surface area contributed by atoms with Crippen molar-refractivity contribution in [2.24, 2.45) is 0 Å². The lowest BCUT2D eigenvalue weighted by Gasteiger charge is -2.25. The van der Waals surface area contributed by atoms with Gasteiger partial charge in [0.2, 0.25) is 11.8 Å². The van der Waals surface area contributed by atoms with Crippen LogP contribution in [0.3, 0.4) is 0 Å². The summed E-state index contributed by atoms with van der Waals surface area (Å²) < 4.78 is 8.42. The largest absolute Gasteiger partial charge is 0.416 e. The lowest BCUT2D eigenvalue weighted by Crippen LogP contribution is -2.10. The molecule has 0 aliphatic carbocycles. The maximum Gasteiger partial charge on any atom is 0.248 e. The fourth-order valence-electron chi connectivity index (χ4n) is 6.21. The SMILES string of the molecule is C=Cc1c(/C=C\C)c2cc(N(c3ccccc3)c3ccc(-c4nnc(-c5ccc(C(C)(C)C)cc5)o4)cc3)ccc2n1-c1ccccc1. The maximum atomic E-state index is 6.14. The summed E-state index contributed by atoms with van der Waals surface area (Å²) in [5.74, 6) is 0.992. The molecule has 0 saturated carbocycles. The fourth-order valence-corrected chi connectivity index (χ4v) is 6.21. The number of benzene rings is 5. The number of allylic oxidation sites excluding steroid dienone is 1. The van der Waals surface area contributed by atoms with Crippen molar-refractivity contribution in [3.05, 3.63) is 157 Å². The summed E-state index contributed by atoms with van der Waals surface area (Å²) in [7, 11) is 0. The molecule has 5 aromatic carbocycles. The van der Waals surface area contributed by atoms with Gasteiger partial charge in [0.05, 0.1) is 11.2 Å². The molecule has 0 amide bonds. The maximum absolute atomic E-state index is 6.14. The zero-order valence-corrected chi connectivity index (χ0v) is 27.8. The monoisotopic (exact) mass is 626 g/mol. The molecular formula is C43H38N4O. The van der Waals surface area contributed by atoms with Crippen LogP contribution in [0, 0.1) is 0 Å². The number of hydrogen-bond acceptors (Lipinski definition) is 4. The van der Waals surface area contributed by atoms with Crippen molar-refractivity contribution in [2.75, 3.05) is 4.90 Å². The molecule has 2 aromatic heterocycles. The highest BCUT2D eigenvalue weighted by molar-refractivity contribution is 5.98. The Labute approximate surface area is 282 Å². The summed E-state index contributed by atoms with van der Waals surface area (Å²) in [6, 6.07) is 44.2. The third-order valence-corrected chi connectivity index (χ3v) is 8.64. The Kier molecular flexibility index (Phi) is 8.12. The molecule has 7 aromatic rings. The molecule has 0 atom stereocenters. The van der Waals surface area contributed by atoms with Crippen molar-refractivity contribution in [2.45, 2.75) is 33.1 Å². The van der Waals surface area contributed by atoms with Gasteiger partial charge in [-0.2, -0.15) is 0 Å². The van der Waals surface area contributed by atoms with Gasteiger partial charge in [-0.15, -0.1) is 10.2 Å². The lowest BCUT2D eigenvalue weighted by molar-refractivity contribution is 0.582. The minimum atomic E-state index is 0.0797. The Morgan fingerprint density at radius 3 is 1.83 bits per heavy atom. The highest BCUT2D eigenvalue weighted by Crippen LogP contribution is 2.40. The van der Waals surface area contributed by atoms with Gasteiger partial charge in [0.15, 0.2) is 0 Å². The predicted octanol–water partition coefficient (Wildman–Crippen LogP) is 11.8. The fraction of sp³-hybridized carbons (Fsp3) is 0.116. The summed E-state index contributed by atoms with van der Waals surface area (Å²) in [6.45, 7) is 12.9. The van der Waals surface area contributed by atoms with E-state index in [-0.39, 0.29) is 5.41 Å². The molecule has 5 heteroatoms. The molecule has 0 unspecified atom stereocenters. The van der Waals surface area contributed by atoms with Crippen LogP contribution in [-0.4, -0.2) is 14.8 Å². The molecule has 0 spiro atoms. The summed E-state index contributed by atoms with van der Waals surface area (Å²) in [4.78, 5) is 2.27. The van der Waals surface area contributed by atoms with E-state index in [4.69, 9.17) is 4.42 Å². The zero-order valence-electron chi connectivity index (χ0n) is 27.8. The van der Waals surface area contributed by atoms with Crippen LogP contribution in [0.25, 0.3) is 51.7 Å². The van der Waals surface area contributed by atoms with E-state index >= 15 is 0 Å². The third-order valence-electron chi connectivity index (χ3n) is 8.64. The highest BCUT2D eigenvalue weighted by atomic mass is 16.4. The minimum absolute atomic E-state index is 0.0797. The van der Waals surface area contributed by atoms with E-state index in [2.05, 4.69) is 157 Å². The first-order valence-electron chi connectivity index (χ1n) is 16.2. The van der Waals surface area contributed by atoms with Crippen LogP contribution in [0.2, 0.25) is 0 Å². The van der Waals surface area contributed by atoms with Crippen LogP contribution < -0.4 is 4.90 Å². The predicted molar refractivity (Wildman–Crippen MR) is 200 cm³/mol. The van der Waals surface area contributed by atoms with E-state index in [9.17, 15) is 0 Å². The standard InChI is InChI=1S/C43H38N4O/c1-6-14-37-38-29-36(27-28-40(38)47(39(37)7-2)34-17-12-9-13-18-34)46(33-15-10-8-11-16-33)35-25-21-31(22-26-35)42-45-44-41(48-42)30-19-23-32(24-20-30)43(3,4)5/h6-29H,2H2,1,3-5H3/b14-6-. The van der Waals surface area contributed by atoms with Gasteiger partial charge < -0.3 is 13.9 Å². The van der Waals surface area contributed by atoms with Gasteiger partial charge in [-0.25, -0.2) is 0 Å². The third kappa shape index (κ3) is 5.75. The van der Waals surface area contributed by atoms with E-state index < -0.39 is 0 Å². The minimum Gasteiger partial charge on any atom is -0.416 e. The van der Waals surface area contributed by atoms with Crippen LogP contribution in [0.4, 0.5) is 17.1 Å². The number of rotatable bonds is 8. The van der Waals surface area contributed by atoms with E-state index in [1.807, 2.05) is 42.5 Å². The molecule has 2 heterocycles. The van der Waals surface area contributed by atoms with Crippen LogP contribution in [0.15, 0.2) is 144 Å². The Bertz CT molecular complexity index is 2220. The average Bonchev–Trinajstić information content (AvgIpc) is 3.73. The van der Waals surface area contributed by atoms with E-state index in [0.29, 0.717) is 11.8 Å². The smallest absolute Gasteiger partial charge is 0.248 e. The van der Waals surface area contributed by atoms with Crippen molar-refractivity contribution in [3.63, 3.8) is 0 Å². The van der Waals surface area contributed by atoms with Gasteiger partial charge in [-0.05, 0) is 103 Å². The normalized spacial score (nSPS) is 11.8. The van der Waals surface area contributed by atoms with Crippen LogP contribution >= 0.6 is 0 Å². The van der Waals surface area contributed by atoms with Crippen molar-refractivity contribution < 1.29 is 4.42 Å². The molecule has 0 fully saturated rings. The quantitative estimate of drug-likeness (QED) is 0.168. The molecule has 236 valence electrons. The summed E-state index contributed by atoms with van der Waals surface area (Å²) in [6.07, 6.45) is 6.20. The van der Waals surface area contributed by atoms with Gasteiger partial charge in [-0.3, -0.25) is 0 Å². The average molecular weight is 627 g/mol. The van der Waals surface area contributed by atoms with Crippen molar-refractivity contribution >= 4 is 40.1 Å². The molecule has 48 heavy (non-hydrogen) atoms. The second-order valence-electron chi connectivity index (χ2n) is 12.8. The van der Waals surface area contributed by atoms with Gasteiger partial charge in [-0.1, -0.05) is 88.0 Å². The lowest BCUT2D eigenvalue weighted by atomic mass is 9.87. The molecule has 7 rings (SSSR count).